The third kappa shape index (κ3) is 4.12. The Morgan fingerprint density at radius 1 is 1.29 bits per heavy atom. The van der Waals surface area contributed by atoms with Gasteiger partial charge in [0.05, 0.1) is 33.0 Å². The van der Waals surface area contributed by atoms with Crippen molar-refractivity contribution in [3.05, 3.63) is 42.1 Å². The zero-order valence-corrected chi connectivity index (χ0v) is 13.5. The van der Waals surface area contributed by atoms with Crippen LogP contribution in [0.3, 0.4) is 0 Å². The van der Waals surface area contributed by atoms with Crippen molar-refractivity contribution in [2.45, 2.75) is 25.2 Å². The summed E-state index contributed by atoms with van der Waals surface area (Å²) in [5, 5.41) is 12.4. The Morgan fingerprint density at radius 3 is 2.88 bits per heavy atom. The lowest BCUT2D eigenvalue weighted by Crippen LogP contribution is -2.46. The molecule has 0 aliphatic carbocycles. The van der Waals surface area contributed by atoms with E-state index < -0.39 is 0 Å². The molecule has 1 aliphatic heterocycles. The Hall–Kier alpha value is -2.38. The summed E-state index contributed by atoms with van der Waals surface area (Å²) in [4.78, 5) is 8.47. The molecule has 3 rings (SSSR count). The number of hydrogen-bond acceptors (Lipinski definition) is 7. The van der Waals surface area contributed by atoms with Crippen molar-refractivity contribution < 1.29 is 19.3 Å². The van der Waals surface area contributed by atoms with Gasteiger partial charge in [0, 0.05) is 18.7 Å². The Labute approximate surface area is 140 Å². The zero-order valence-electron chi connectivity index (χ0n) is 13.5. The Bertz CT molecular complexity index is 651. The molecule has 0 spiro atoms. The topological polar surface area (TPSA) is 85.7 Å². The van der Waals surface area contributed by atoms with E-state index in [0.717, 1.165) is 17.7 Å². The smallest absolute Gasteiger partial charge is 0.226 e. The van der Waals surface area contributed by atoms with Crippen molar-refractivity contribution in [1.82, 2.24) is 9.97 Å². The monoisotopic (exact) mass is 331 g/mol. The molecule has 1 aromatic heterocycles. The number of aromatic nitrogens is 2. The molecule has 1 aliphatic rings. The molecule has 0 bridgehead atoms. The van der Waals surface area contributed by atoms with E-state index in [4.69, 9.17) is 19.3 Å². The summed E-state index contributed by atoms with van der Waals surface area (Å²) in [5.41, 5.74) is 0.855. The lowest BCUT2D eigenvalue weighted by molar-refractivity contribution is 0.0145. The fourth-order valence-electron chi connectivity index (χ4n) is 2.53. The molecule has 2 heterocycles. The molecule has 2 atom stereocenters. The van der Waals surface area contributed by atoms with Crippen LogP contribution in [0.5, 0.6) is 11.6 Å². The molecule has 24 heavy (non-hydrogen) atoms. The number of nitrogens with zero attached hydrogens (tertiary/aromatic N) is 2. The number of methoxy groups -OCH3 is 1. The maximum Gasteiger partial charge on any atom is 0.226 e. The summed E-state index contributed by atoms with van der Waals surface area (Å²) in [6, 6.07) is 9.05. The Balaban J connectivity index is 1.68. The second kappa shape index (κ2) is 7.94. The number of hydrogen-bond donors (Lipinski definition) is 2. The second-order valence-corrected chi connectivity index (χ2v) is 5.50. The largest absolute Gasteiger partial charge is 0.488 e. The first-order chi connectivity index (χ1) is 11.8. The van der Waals surface area contributed by atoms with Crippen molar-refractivity contribution >= 4 is 5.95 Å². The van der Waals surface area contributed by atoms with Crippen LogP contribution in [-0.2, 0) is 11.3 Å². The van der Waals surface area contributed by atoms with E-state index in [0.29, 0.717) is 25.0 Å². The van der Waals surface area contributed by atoms with Crippen molar-refractivity contribution in [3.8, 4) is 11.6 Å². The summed E-state index contributed by atoms with van der Waals surface area (Å²) < 4.78 is 16.8. The number of anilines is 1. The van der Waals surface area contributed by atoms with Gasteiger partial charge in [-0.05, 0) is 17.7 Å². The van der Waals surface area contributed by atoms with Crippen LogP contribution in [-0.4, -0.2) is 47.5 Å². The van der Waals surface area contributed by atoms with Crippen LogP contribution in [0, 0.1) is 0 Å². The highest BCUT2D eigenvalue weighted by Crippen LogP contribution is 2.21. The molecule has 0 radical (unpaired) electrons. The van der Waals surface area contributed by atoms with Crippen LogP contribution in [0.1, 0.15) is 12.0 Å². The molecule has 1 fully saturated rings. The van der Waals surface area contributed by atoms with Gasteiger partial charge in [-0.1, -0.05) is 12.1 Å². The van der Waals surface area contributed by atoms with Gasteiger partial charge in [-0.3, -0.25) is 0 Å². The average molecular weight is 331 g/mol. The minimum Gasteiger partial charge on any atom is -0.488 e. The first kappa shape index (κ1) is 16.5. The van der Waals surface area contributed by atoms with Crippen molar-refractivity contribution in [2.75, 3.05) is 25.6 Å². The van der Waals surface area contributed by atoms with Gasteiger partial charge < -0.3 is 24.6 Å². The second-order valence-electron chi connectivity index (χ2n) is 5.50. The molecule has 0 amide bonds. The van der Waals surface area contributed by atoms with Gasteiger partial charge in [0.2, 0.25) is 11.8 Å². The molecule has 2 N–H and O–H groups in total. The van der Waals surface area contributed by atoms with E-state index in [2.05, 4.69) is 15.3 Å². The van der Waals surface area contributed by atoms with Crippen molar-refractivity contribution in [3.63, 3.8) is 0 Å². The summed E-state index contributed by atoms with van der Waals surface area (Å²) in [7, 11) is 1.57. The molecule has 128 valence electrons. The van der Waals surface area contributed by atoms with E-state index >= 15 is 0 Å². The van der Waals surface area contributed by atoms with E-state index in [1.165, 1.54) is 0 Å². The first-order valence-corrected chi connectivity index (χ1v) is 7.86. The van der Waals surface area contributed by atoms with E-state index in [1.807, 2.05) is 24.3 Å². The highest BCUT2D eigenvalue weighted by atomic mass is 16.5. The summed E-state index contributed by atoms with van der Waals surface area (Å²) in [6.07, 6.45) is 2.35. The molecule has 7 nitrogen and oxygen atoms in total. The third-order valence-electron chi connectivity index (χ3n) is 3.84. The number of aliphatic hydroxyl groups excluding tert-OH is 1. The number of rotatable bonds is 6. The maximum atomic E-state index is 9.11. The van der Waals surface area contributed by atoms with Crippen molar-refractivity contribution in [1.29, 1.82) is 0 Å². The molecule has 1 saturated heterocycles. The minimum absolute atomic E-state index is 0.0227. The Morgan fingerprint density at radius 2 is 2.12 bits per heavy atom. The van der Waals surface area contributed by atoms with Gasteiger partial charge in [0.15, 0.2) is 0 Å². The van der Waals surface area contributed by atoms with Gasteiger partial charge in [-0.25, -0.2) is 4.98 Å². The SMILES string of the molecule is COc1ccnc(N[C@@H]2COCC[C@H]2Oc2ccc(CO)cc2)n1. The normalized spacial score (nSPS) is 20.4. The lowest BCUT2D eigenvalue weighted by Gasteiger charge is -2.32. The molecule has 0 saturated carbocycles. The summed E-state index contributed by atoms with van der Waals surface area (Å²) in [6.45, 7) is 1.19. The Kier molecular flexibility index (Phi) is 5.45. The standard InChI is InChI=1S/C17H21N3O4/c1-22-16-6-8-18-17(20-16)19-14-11-23-9-7-15(14)24-13-4-2-12(10-21)3-5-13/h2-6,8,14-15,21H,7,9-11H2,1H3,(H,18,19,20)/t14-,15-/m1/s1. The fraction of sp³-hybridized carbons (Fsp3) is 0.412. The highest BCUT2D eigenvalue weighted by molar-refractivity contribution is 5.31. The van der Waals surface area contributed by atoms with Gasteiger partial charge in [0.1, 0.15) is 11.9 Å². The molecule has 2 aromatic rings. The predicted octanol–water partition coefficient (Wildman–Crippen LogP) is 1.63. The maximum absolute atomic E-state index is 9.11. The van der Waals surface area contributed by atoms with E-state index in [-0.39, 0.29) is 18.8 Å². The summed E-state index contributed by atoms with van der Waals surface area (Å²) in [5.74, 6) is 1.74. The van der Waals surface area contributed by atoms with Crippen LogP contribution in [0.25, 0.3) is 0 Å². The van der Waals surface area contributed by atoms with Gasteiger partial charge in [-0.15, -0.1) is 0 Å². The van der Waals surface area contributed by atoms with Gasteiger partial charge >= 0.3 is 0 Å². The summed E-state index contributed by atoms with van der Waals surface area (Å²) >= 11 is 0. The fourth-order valence-corrected chi connectivity index (χ4v) is 2.53. The van der Waals surface area contributed by atoms with Gasteiger partial charge in [0.25, 0.3) is 0 Å². The number of aliphatic hydroxyl groups is 1. The molecular weight excluding hydrogens is 310 g/mol. The molecule has 7 heteroatoms. The first-order valence-electron chi connectivity index (χ1n) is 7.86. The third-order valence-corrected chi connectivity index (χ3v) is 3.84. The average Bonchev–Trinajstić information content (AvgIpc) is 2.64. The number of benzene rings is 1. The minimum atomic E-state index is -0.0663. The van der Waals surface area contributed by atoms with Crippen LogP contribution in [0.2, 0.25) is 0 Å². The van der Waals surface area contributed by atoms with Crippen LogP contribution >= 0.6 is 0 Å². The molecular formula is C17H21N3O4. The van der Waals surface area contributed by atoms with E-state index in [1.54, 1.807) is 19.4 Å². The van der Waals surface area contributed by atoms with Crippen molar-refractivity contribution in [2.24, 2.45) is 0 Å². The zero-order chi connectivity index (χ0) is 16.8. The van der Waals surface area contributed by atoms with Gasteiger partial charge in [-0.2, -0.15) is 4.98 Å². The van der Waals surface area contributed by atoms with E-state index in [9.17, 15) is 0 Å². The molecule has 0 unspecified atom stereocenters. The number of nitrogens with one attached hydrogen (secondary N) is 1. The quantitative estimate of drug-likeness (QED) is 0.832. The van der Waals surface area contributed by atoms with Crippen LogP contribution < -0.4 is 14.8 Å². The highest BCUT2D eigenvalue weighted by Gasteiger charge is 2.28. The van der Waals surface area contributed by atoms with Crippen LogP contribution in [0.15, 0.2) is 36.5 Å². The lowest BCUT2D eigenvalue weighted by atomic mass is 10.1. The van der Waals surface area contributed by atoms with Crippen LogP contribution in [0.4, 0.5) is 5.95 Å². The number of ether oxygens (including phenoxy) is 3. The molecule has 1 aromatic carbocycles. The predicted molar refractivity (Wildman–Crippen MR) is 88.2 cm³/mol.